The summed E-state index contributed by atoms with van der Waals surface area (Å²) >= 11 is 0. The van der Waals surface area contributed by atoms with Gasteiger partial charge in [-0.1, -0.05) is 74.0 Å². The van der Waals surface area contributed by atoms with Crippen molar-refractivity contribution in [2.75, 3.05) is 12.3 Å². The molecule has 0 fully saturated rings. The van der Waals surface area contributed by atoms with E-state index in [-0.39, 0.29) is 5.75 Å². The number of sulfonamides is 1. The highest BCUT2D eigenvalue weighted by Crippen LogP contribution is 2.13. The van der Waals surface area contributed by atoms with Crippen molar-refractivity contribution in [2.45, 2.75) is 32.7 Å². The van der Waals surface area contributed by atoms with Crippen LogP contribution in [0.2, 0.25) is 0 Å². The molecule has 124 valence electrons. The van der Waals surface area contributed by atoms with Crippen molar-refractivity contribution >= 4 is 10.0 Å². The lowest BCUT2D eigenvalue weighted by atomic mass is 10.1. The Bertz CT molecular complexity index is 669. The smallest absolute Gasteiger partial charge is 0.212 e. The molecule has 0 spiro atoms. The molecule has 0 amide bonds. The van der Waals surface area contributed by atoms with Crippen molar-refractivity contribution < 1.29 is 8.42 Å². The van der Waals surface area contributed by atoms with Gasteiger partial charge in [0.2, 0.25) is 10.0 Å². The van der Waals surface area contributed by atoms with E-state index < -0.39 is 10.0 Å². The molecule has 0 bridgehead atoms. The molecular weight excluding hydrogens is 306 g/mol. The molecule has 0 saturated carbocycles. The summed E-state index contributed by atoms with van der Waals surface area (Å²) in [6, 6.07) is 19.8. The van der Waals surface area contributed by atoms with Gasteiger partial charge in [-0.2, -0.15) is 4.31 Å². The Kier molecular flexibility index (Phi) is 6.81. The Morgan fingerprint density at radius 1 is 0.870 bits per heavy atom. The van der Waals surface area contributed by atoms with E-state index in [4.69, 9.17) is 0 Å². The second kappa shape index (κ2) is 8.85. The fraction of sp³-hybridized carbons (Fsp3) is 0.368. The Balaban J connectivity index is 2.10. The van der Waals surface area contributed by atoms with E-state index in [2.05, 4.69) is 0 Å². The van der Waals surface area contributed by atoms with E-state index in [1.165, 1.54) is 0 Å². The van der Waals surface area contributed by atoms with Gasteiger partial charge in [0.05, 0.1) is 5.75 Å². The summed E-state index contributed by atoms with van der Waals surface area (Å²) in [6.45, 7) is 2.98. The molecule has 0 radical (unpaired) electrons. The third kappa shape index (κ3) is 5.81. The second-order valence-electron chi connectivity index (χ2n) is 5.72. The normalized spacial score (nSPS) is 11.7. The van der Waals surface area contributed by atoms with Crippen molar-refractivity contribution in [2.24, 2.45) is 0 Å². The molecule has 0 N–H and O–H groups in total. The zero-order valence-corrected chi connectivity index (χ0v) is 14.5. The van der Waals surface area contributed by atoms with Crippen LogP contribution in [0.3, 0.4) is 0 Å². The first-order valence-corrected chi connectivity index (χ1v) is 9.78. The summed E-state index contributed by atoms with van der Waals surface area (Å²) in [6.07, 6.45) is 2.33. The number of hydrogen-bond donors (Lipinski definition) is 0. The molecule has 0 atom stereocenters. The molecule has 3 nitrogen and oxygen atoms in total. The monoisotopic (exact) mass is 331 g/mol. The lowest BCUT2D eigenvalue weighted by molar-refractivity contribution is 0.408. The van der Waals surface area contributed by atoms with Crippen molar-refractivity contribution in [3.8, 4) is 0 Å². The molecule has 2 rings (SSSR count). The molecule has 0 aliphatic heterocycles. The van der Waals surface area contributed by atoms with Crippen LogP contribution in [0.25, 0.3) is 0 Å². The van der Waals surface area contributed by atoms with Crippen LogP contribution in [-0.4, -0.2) is 25.0 Å². The third-order valence-electron chi connectivity index (χ3n) is 3.84. The van der Waals surface area contributed by atoms with Gasteiger partial charge < -0.3 is 0 Å². The largest absolute Gasteiger partial charge is 0.214 e. The first kappa shape index (κ1) is 17.7. The van der Waals surface area contributed by atoms with E-state index in [9.17, 15) is 8.42 Å². The highest BCUT2D eigenvalue weighted by Gasteiger charge is 2.21. The first-order valence-electron chi connectivity index (χ1n) is 8.17. The van der Waals surface area contributed by atoms with Gasteiger partial charge in [0.15, 0.2) is 0 Å². The minimum Gasteiger partial charge on any atom is -0.212 e. The summed E-state index contributed by atoms with van der Waals surface area (Å²) in [4.78, 5) is 0. The lowest BCUT2D eigenvalue weighted by Crippen LogP contribution is -2.34. The van der Waals surface area contributed by atoms with Gasteiger partial charge >= 0.3 is 0 Å². The van der Waals surface area contributed by atoms with E-state index in [0.29, 0.717) is 19.5 Å². The summed E-state index contributed by atoms with van der Waals surface area (Å²) < 4.78 is 26.9. The Morgan fingerprint density at radius 3 is 2.00 bits per heavy atom. The van der Waals surface area contributed by atoms with Crippen LogP contribution in [0.15, 0.2) is 60.7 Å². The number of unbranched alkanes of at least 4 members (excludes halogenated alkanes) is 1. The second-order valence-corrected chi connectivity index (χ2v) is 7.81. The van der Waals surface area contributed by atoms with Crippen molar-refractivity contribution in [1.29, 1.82) is 0 Å². The quantitative estimate of drug-likeness (QED) is 0.699. The fourth-order valence-corrected chi connectivity index (χ4v) is 4.08. The van der Waals surface area contributed by atoms with Gasteiger partial charge in [0.25, 0.3) is 0 Å². The molecule has 0 unspecified atom stereocenters. The molecule has 0 aliphatic carbocycles. The van der Waals surface area contributed by atoms with E-state index in [0.717, 1.165) is 24.0 Å². The number of rotatable bonds is 9. The van der Waals surface area contributed by atoms with Crippen LogP contribution in [0.5, 0.6) is 0 Å². The summed E-state index contributed by atoms with van der Waals surface area (Å²) in [5.74, 6) is 0.227. The van der Waals surface area contributed by atoms with Gasteiger partial charge in [-0.05, 0) is 24.0 Å². The van der Waals surface area contributed by atoms with Gasteiger partial charge in [-0.15, -0.1) is 0 Å². The minimum atomic E-state index is -3.22. The maximum Gasteiger partial charge on any atom is 0.214 e. The van der Waals surface area contributed by atoms with Crippen LogP contribution in [0.4, 0.5) is 0 Å². The molecule has 0 heterocycles. The minimum absolute atomic E-state index is 0.227. The van der Waals surface area contributed by atoms with Crippen LogP contribution >= 0.6 is 0 Å². The Morgan fingerprint density at radius 2 is 1.43 bits per heavy atom. The van der Waals surface area contributed by atoms with Gasteiger partial charge in [-0.3, -0.25) is 0 Å². The van der Waals surface area contributed by atoms with Gasteiger partial charge in [-0.25, -0.2) is 8.42 Å². The number of benzene rings is 2. The zero-order chi connectivity index (χ0) is 16.5. The molecule has 2 aromatic rings. The average molecular weight is 331 g/mol. The topological polar surface area (TPSA) is 37.4 Å². The third-order valence-corrected chi connectivity index (χ3v) is 5.75. The lowest BCUT2D eigenvalue weighted by Gasteiger charge is -2.22. The number of hydrogen-bond acceptors (Lipinski definition) is 2. The highest BCUT2D eigenvalue weighted by atomic mass is 32.2. The SMILES string of the molecule is CCCCS(=O)(=O)N(CCc1ccccc1)Cc1ccccc1. The van der Waals surface area contributed by atoms with E-state index in [1.807, 2.05) is 67.6 Å². The predicted octanol–water partition coefficient (Wildman–Crippen LogP) is 3.86. The summed E-state index contributed by atoms with van der Waals surface area (Å²) in [7, 11) is -3.22. The van der Waals surface area contributed by atoms with Crippen LogP contribution < -0.4 is 0 Å². The van der Waals surface area contributed by atoms with E-state index in [1.54, 1.807) is 4.31 Å². The van der Waals surface area contributed by atoms with Crippen LogP contribution in [-0.2, 0) is 23.0 Å². The molecule has 23 heavy (non-hydrogen) atoms. The van der Waals surface area contributed by atoms with Crippen molar-refractivity contribution in [3.63, 3.8) is 0 Å². The van der Waals surface area contributed by atoms with Crippen molar-refractivity contribution in [1.82, 2.24) is 4.31 Å². The summed E-state index contributed by atoms with van der Waals surface area (Å²) in [5, 5.41) is 0. The maximum absolute atomic E-state index is 12.6. The molecule has 2 aromatic carbocycles. The fourth-order valence-electron chi connectivity index (χ4n) is 2.46. The number of nitrogens with zero attached hydrogens (tertiary/aromatic N) is 1. The first-order chi connectivity index (χ1) is 11.1. The standard InChI is InChI=1S/C19H25NO2S/c1-2-3-16-23(21,22)20(17-19-12-8-5-9-13-19)15-14-18-10-6-4-7-11-18/h4-13H,2-3,14-17H2,1H3. The average Bonchev–Trinajstić information content (AvgIpc) is 2.58. The summed E-state index contributed by atoms with van der Waals surface area (Å²) in [5.41, 5.74) is 2.19. The van der Waals surface area contributed by atoms with Gasteiger partial charge in [0.1, 0.15) is 0 Å². The molecule has 0 aromatic heterocycles. The van der Waals surface area contributed by atoms with Crippen LogP contribution in [0.1, 0.15) is 30.9 Å². The molecule has 4 heteroatoms. The predicted molar refractivity (Wildman–Crippen MR) is 95.7 cm³/mol. The highest BCUT2D eigenvalue weighted by molar-refractivity contribution is 7.89. The zero-order valence-electron chi connectivity index (χ0n) is 13.7. The molecular formula is C19H25NO2S. The Labute approximate surface area is 140 Å². The Hall–Kier alpha value is -1.65. The van der Waals surface area contributed by atoms with Crippen LogP contribution in [0, 0.1) is 0 Å². The van der Waals surface area contributed by atoms with Gasteiger partial charge in [0, 0.05) is 13.1 Å². The molecule has 0 aliphatic rings. The van der Waals surface area contributed by atoms with E-state index >= 15 is 0 Å². The maximum atomic E-state index is 12.6. The van der Waals surface area contributed by atoms with Crippen molar-refractivity contribution in [3.05, 3.63) is 71.8 Å². The molecule has 0 saturated heterocycles.